The maximum absolute atomic E-state index is 13.0. The molecule has 1 heterocycles. The second kappa shape index (κ2) is 11.4. The molecule has 0 aliphatic rings. The number of aliphatic imine (C=N–C) groups is 1. The van der Waals surface area contributed by atoms with Gasteiger partial charge in [0.25, 0.3) is 5.91 Å². The third-order valence-corrected chi connectivity index (χ3v) is 6.55. The fraction of sp³-hybridized carbons (Fsp3) is 0.0741. The molecule has 0 saturated heterocycles. The van der Waals surface area contributed by atoms with Crippen molar-refractivity contribution >= 4 is 56.9 Å². The van der Waals surface area contributed by atoms with E-state index in [1.165, 1.54) is 53.8 Å². The number of hydrogen-bond donors (Lipinski definition) is 5. The highest BCUT2D eigenvalue weighted by atomic mass is 32.1. The molecular formula is C27H22N4O7S. The maximum atomic E-state index is 13.0. The van der Waals surface area contributed by atoms with E-state index in [1.807, 2.05) is 0 Å². The fourth-order valence-electron chi connectivity index (χ4n) is 3.69. The van der Waals surface area contributed by atoms with Crippen molar-refractivity contribution < 1.29 is 34.1 Å². The van der Waals surface area contributed by atoms with E-state index in [9.17, 15) is 24.3 Å². The van der Waals surface area contributed by atoms with E-state index >= 15 is 0 Å². The van der Waals surface area contributed by atoms with Crippen LogP contribution in [0.25, 0.3) is 10.1 Å². The lowest BCUT2D eigenvalue weighted by atomic mass is 10.0. The molecule has 39 heavy (non-hydrogen) atoms. The van der Waals surface area contributed by atoms with E-state index in [4.69, 9.17) is 21.3 Å². The molecular weight excluding hydrogens is 524 g/mol. The van der Waals surface area contributed by atoms with Gasteiger partial charge in [0.2, 0.25) is 0 Å². The summed E-state index contributed by atoms with van der Waals surface area (Å²) in [5.74, 6) is -3.34. The number of aliphatic carboxylic acids is 1. The average Bonchev–Trinajstić information content (AvgIpc) is 3.32. The lowest BCUT2D eigenvalue weighted by molar-refractivity contribution is -0.139. The zero-order valence-electron chi connectivity index (χ0n) is 20.2. The number of benzene rings is 3. The first-order valence-corrected chi connectivity index (χ1v) is 12.3. The first kappa shape index (κ1) is 26.8. The largest absolute Gasteiger partial charge is 0.480 e. The number of carbonyl (C=O) groups is 4. The van der Waals surface area contributed by atoms with Crippen LogP contribution >= 0.6 is 11.3 Å². The number of amides is 1. The Kier molecular flexibility index (Phi) is 7.87. The van der Waals surface area contributed by atoms with Crippen molar-refractivity contribution in [2.75, 3.05) is 0 Å². The minimum atomic E-state index is -1.23. The lowest BCUT2D eigenvalue weighted by Gasteiger charge is -2.14. The molecule has 1 amide bonds. The predicted octanol–water partition coefficient (Wildman–Crippen LogP) is 3.15. The number of rotatable bonds is 9. The number of hydrogen-bond acceptors (Lipinski definition) is 7. The predicted molar refractivity (Wildman–Crippen MR) is 145 cm³/mol. The summed E-state index contributed by atoms with van der Waals surface area (Å²) in [4.78, 5) is 52.2. The summed E-state index contributed by atoms with van der Waals surface area (Å²) < 4.78 is 6.11. The van der Waals surface area contributed by atoms with Crippen LogP contribution in [0.15, 0.2) is 77.1 Å². The lowest BCUT2D eigenvalue weighted by Crippen LogP contribution is -2.42. The molecule has 0 radical (unpaired) electrons. The van der Waals surface area contributed by atoms with E-state index in [2.05, 4.69) is 10.3 Å². The number of ether oxygens (including phenoxy) is 1. The molecule has 7 N–H and O–H groups in total. The minimum absolute atomic E-state index is 0.0317. The summed E-state index contributed by atoms with van der Waals surface area (Å²) in [6.07, 6.45) is -0.0317. The Bertz CT molecular complexity index is 1590. The smallest absolute Gasteiger partial charge is 0.343 e. The number of guanidine groups is 1. The molecule has 3 aromatic carbocycles. The van der Waals surface area contributed by atoms with Crippen molar-refractivity contribution in [1.29, 1.82) is 0 Å². The van der Waals surface area contributed by atoms with Crippen LogP contribution in [0.3, 0.4) is 0 Å². The van der Waals surface area contributed by atoms with Gasteiger partial charge in [0, 0.05) is 21.9 Å². The zero-order valence-corrected chi connectivity index (χ0v) is 21.0. The van der Waals surface area contributed by atoms with Crippen molar-refractivity contribution in [3.8, 4) is 5.75 Å². The number of nitrogens with one attached hydrogen (secondary N) is 1. The van der Waals surface area contributed by atoms with Crippen LogP contribution in [-0.2, 0) is 11.2 Å². The van der Waals surface area contributed by atoms with Crippen LogP contribution in [-0.4, -0.2) is 46.0 Å². The van der Waals surface area contributed by atoms with Gasteiger partial charge in [-0.3, -0.25) is 4.79 Å². The number of nitrogens with two attached hydrogens (primary N) is 2. The number of fused-ring (bicyclic) bond motifs is 1. The molecule has 4 rings (SSSR count). The molecule has 0 fully saturated rings. The number of carbonyl (C=O) groups excluding carboxylic acids is 2. The molecule has 198 valence electrons. The summed E-state index contributed by atoms with van der Waals surface area (Å²) in [5.41, 5.74) is 12.4. The molecule has 11 nitrogen and oxygen atoms in total. The number of carboxylic acid groups (broad SMARTS) is 2. The van der Waals surface area contributed by atoms with Crippen LogP contribution in [0.4, 0.5) is 5.69 Å². The second-order valence-electron chi connectivity index (χ2n) is 8.35. The molecule has 0 bridgehead atoms. The van der Waals surface area contributed by atoms with Crippen molar-refractivity contribution in [2.45, 2.75) is 12.5 Å². The van der Waals surface area contributed by atoms with Crippen LogP contribution in [0.1, 0.15) is 36.6 Å². The fourth-order valence-corrected chi connectivity index (χ4v) is 4.66. The van der Waals surface area contributed by atoms with Gasteiger partial charge < -0.3 is 31.7 Å². The highest BCUT2D eigenvalue weighted by molar-refractivity contribution is 7.17. The molecule has 4 aromatic rings. The van der Waals surface area contributed by atoms with Gasteiger partial charge in [-0.1, -0.05) is 12.1 Å². The summed E-state index contributed by atoms with van der Waals surface area (Å²) in [6, 6.07) is 15.5. The van der Waals surface area contributed by atoms with Gasteiger partial charge in [0.15, 0.2) is 5.96 Å². The van der Waals surface area contributed by atoms with Crippen molar-refractivity contribution in [3.05, 3.63) is 94.4 Å². The van der Waals surface area contributed by atoms with Crippen molar-refractivity contribution in [3.63, 3.8) is 0 Å². The normalized spacial score (nSPS) is 11.4. The summed E-state index contributed by atoms with van der Waals surface area (Å²) >= 11 is 1.24. The summed E-state index contributed by atoms with van der Waals surface area (Å²) in [6.45, 7) is 0. The van der Waals surface area contributed by atoms with Gasteiger partial charge in [-0.2, -0.15) is 0 Å². The molecule has 0 unspecified atom stereocenters. The van der Waals surface area contributed by atoms with Crippen molar-refractivity contribution in [2.24, 2.45) is 16.5 Å². The zero-order chi connectivity index (χ0) is 28.1. The quantitative estimate of drug-likeness (QED) is 0.0907. The Morgan fingerprint density at radius 1 is 0.923 bits per heavy atom. The SMILES string of the molecule is NC(N)=Nc1ccc(C(=O)Oc2ccc3c(C(=O)N[C@@H](Cc4ccc(C(=O)O)cc4)C(=O)O)csc3c2)cc1. The Morgan fingerprint density at radius 3 is 2.21 bits per heavy atom. The van der Waals surface area contributed by atoms with Crippen LogP contribution in [0, 0.1) is 0 Å². The first-order valence-electron chi connectivity index (χ1n) is 11.4. The van der Waals surface area contributed by atoms with E-state index in [-0.39, 0.29) is 34.8 Å². The highest BCUT2D eigenvalue weighted by Crippen LogP contribution is 2.30. The number of nitrogens with zero attached hydrogens (tertiary/aromatic N) is 1. The summed E-state index contributed by atoms with van der Waals surface area (Å²) in [5, 5.41) is 23.3. The van der Waals surface area contributed by atoms with E-state index in [0.29, 0.717) is 21.3 Å². The number of carboxylic acids is 2. The second-order valence-corrected chi connectivity index (χ2v) is 9.26. The molecule has 1 aromatic heterocycles. The van der Waals surface area contributed by atoms with Crippen LogP contribution in [0.5, 0.6) is 5.75 Å². The van der Waals surface area contributed by atoms with Crippen LogP contribution in [0.2, 0.25) is 0 Å². The van der Waals surface area contributed by atoms with Crippen LogP contribution < -0.4 is 21.5 Å². The standard InChI is InChI=1S/C27H22N4O7S/c28-27(29)30-17-7-5-16(6-8-17)26(37)38-18-9-10-19-20(13-39-22(19)12-18)23(32)31-21(25(35)36)11-14-1-3-15(4-2-14)24(33)34/h1-10,12-13,21H,11H2,(H,31,32)(H,33,34)(H,35,36)(H4,28,29,30)/t21-/m0/s1. The van der Waals surface area contributed by atoms with Gasteiger partial charge in [0.1, 0.15) is 11.8 Å². The maximum Gasteiger partial charge on any atom is 0.343 e. The van der Waals surface area contributed by atoms with Gasteiger partial charge in [-0.05, 0) is 60.2 Å². The Hall–Kier alpha value is -5.23. The van der Waals surface area contributed by atoms with E-state index in [0.717, 1.165) is 0 Å². The molecule has 0 spiro atoms. The third-order valence-electron chi connectivity index (χ3n) is 5.61. The Labute approximate surface area is 225 Å². The highest BCUT2D eigenvalue weighted by Gasteiger charge is 2.23. The first-order chi connectivity index (χ1) is 18.6. The van der Waals surface area contributed by atoms with E-state index < -0.39 is 29.9 Å². The van der Waals surface area contributed by atoms with Gasteiger partial charge in [-0.25, -0.2) is 19.4 Å². The molecule has 0 saturated carbocycles. The molecule has 12 heteroatoms. The van der Waals surface area contributed by atoms with Gasteiger partial charge in [-0.15, -0.1) is 11.3 Å². The van der Waals surface area contributed by atoms with Crippen molar-refractivity contribution in [1.82, 2.24) is 5.32 Å². The Morgan fingerprint density at radius 2 is 1.59 bits per heavy atom. The van der Waals surface area contributed by atoms with Gasteiger partial charge >= 0.3 is 17.9 Å². The number of thiophene rings is 1. The van der Waals surface area contributed by atoms with E-state index in [1.54, 1.807) is 29.6 Å². The molecule has 0 aliphatic heterocycles. The topological polar surface area (TPSA) is 194 Å². The molecule has 1 atom stereocenters. The minimum Gasteiger partial charge on any atom is -0.480 e. The number of esters is 1. The summed E-state index contributed by atoms with van der Waals surface area (Å²) in [7, 11) is 0. The molecule has 0 aliphatic carbocycles. The Balaban J connectivity index is 1.45. The van der Waals surface area contributed by atoms with Gasteiger partial charge in [0.05, 0.1) is 22.4 Å². The third kappa shape index (κ3) is 6.56. The average molecular weight is 547 g/mol. The monoisotopic (exact) mass is 546 g/mol. The number of aromatic carboxylic acids is 1.